The lowest BCUT2D eigenvalue weighted by atomic mass is 10.00. The monoisotopic (exact) mass is 414 g/mol. The second-order valence-electron chi connectivity index (χ2n) is 7.17. The zero-order valence-electron chi connectivity index (χ0n) is 15.5. The fourth-order valence-electron chi connectivity index (χ4n) is 3.69. The normalized spacial score (nSPS) is 24.6. The molecule has 7 nitrogen and oxygen atoms in total. The van der Waals surface area contributed by atoms with Crippen LogP contribution in [0.15, 0.2) is 21.7 Å². The minimum absolute atomic E-state index is 0.105. The Hall–Kier alpha value is -1.45. The largest absolute Gasteiger partial charge is 0.455 e. The third kappa shape index (κ3) is 4.70. The van der Waals surface area contributed by atoms with E-state index in [-0.39, 0.29) is 29.3 Å². The molecule has 3 rings (SSSR count). The van der Waals surface area contributed by atoms with Crippen LogP contribution in [-0.2, 0) is 24.3 Å². The van der Waals surface area contributed by atoms with Crippen LogP contribution >= 0.6 is 11.3 Å². The Morgan fingerprint density at radius 3 is 2.74 bits per heavy atom. The maximum atomic E-state index is 12.6. The number of hydrogen-bond acceptors (Lipinski definition) is 6. The van der Waals surface area contributed by atoms with E-state index in [9.17, 15) is 18.0 Å². The molecule has 2 atom stereocenters. The number of sulfonamides is 1. The summed E-state index contributed by atoms with van der Waals surface area (Å²) < 4.78 is 32.2. The smallest absolute Gasteiger partial charge is 0.310 e. The molecule has 1 aromatic heterocycles. The van der Waals surface area contributed by atoms with Gasteiger partial charge in [0.25, 0.3) is 15.9 Å². The lowest BCUT2D eigenvalue weighted by Crippen LogP contribution is -2.45. The number of nitrogens with zero attached hydrogens (tertiary/aromatic N) is 2. The second-order valence-corrected chi connectivity index (χ2v) is 10.3. The summed E-state index contributed by atoms with van der Waals surface area (Å²) in [7, 11) is -3.57. The van der Waals surface area contributed by atoms with Crippen molar-refractivity contribution in [1.82, 2.24) is 9.21 Å². The molecular formula is C18H26N2O5S2. The molecule has 0 spiro atoms. The molecule has 3 heterocycles. The van der Waals surface area contributed by atoms with Gasteiger partial charge in [-0.05, 0) is 50.5 Å². The van der Waals surface area contributed by atoms with Crippen molar-refractivity contribution in [3.63, 3.8) is 0 Å². The minimum atomic E-state index is -3.57. The highest BCUT2D eigenvalue weighted by atomic mass is 32.2. The number of ether oxygens (including phenoxy) is 1. The van der Waals surface area contributed by atoms with Crippen LogP contribution < -0.4 is 0 Å². The fraction of sp³-hybridized carbons (Fsp3) is 0.667. The summed E-state index contributed by atoms with van der Waals surface area (Å²) in [6.45, 7) is 2.94. The second kappa shape index (κ2) is 8.70. The van der Waals surface area contributed by atoms with Crippen molar-refractivity contribution >= 4 is 33.2 Å². The van der Waals surface area contributed by atoms with Crippen molar-refractivity contribution in [2.24, 2.45) is 5.92 Å². The summed E-state index contributed by atoms with van der Waals surface area (Å²) in [4.78, 5) is 26.5. The van der Waals surface area contributed by atoms with Gasteiger partial charge in [0.2, 0.25) is 0 Å². The zero-order valence-corrected chi connectivity index (χ0v) is 17.1. The Bertz CT molecular complexity index is 763. The van der Waals surface area contributed by atoms with Crippen LogP contribution in [0.2, 0.25) is 0 Å². The fourth-order valence-corrected chi connectivity index (χ4v) is 6.36. The van der Waals surface area contributed by atoms with E-state index >= 15 is 0 Å². The Morgan fingerprint density at radius 1 is 1.22 bits per heavy atom. The molecule has 2 saturated heterocycles. The first-order valence-corrected chi connectivity index (χ1v) is 11.7. The van der Waals surface area contributed by atoms with Crippen LogP contribution in [0, 0.1) is 5.92 Å². The molecule has 1 amide bonds. The van der Waals surface area contributed by atoms with Crippen LogP contribution in [0.3, 0.4) is 0 Å². The van der Waals surface area contributed by atoms with Gasteiger partial charge >= 0.3 is 5.97 Å². The summed E-state index contributed by atoms with van der Waals surface area (Å²) in [5.74, 6) is -1.19. The van der Waals surface area contributed by atoms with E-state index < -0.39 is 21.9 Å². The summed E-state index contributed by atoms with van der Waals surface area (Å²) in [6.07, 6.45) is 4.23. The summed E-state index contributed by atoms with van der Waals surface area (Å²) in [6, 6.07) is 3.44. The number of rotatable bonds is 5. The molecule has 0 saturated carbocycles. The van der Waals surface area contributed by atoms with Gasteiger partial charge < -0.3 is 9.64 Å². The lowest BCUT2D eigenvalue weighted by molar-refractivity contribution is -0.157. The van der Waals surface area contributed by atoms with Gasteiger partial charge in [-0.1, -0.05) is 6.07 Å². The number of thiophene rings is 1. The van der Waals surface area contributed by atoms with Gasteiger partial charge in [-0.3, -0.25) is 9.59 Å². The van der Waals surface area contributed by atoms with E-state index in [1.165, 1.54) is 15.6 Å². The maximum absolute atomic E-state index is 12.6. The topological polar surface area (TPSA) is 84.0 Å². The third-order valence-corrected chi connectivity index (χ3v) is 8.51. The summed E-state index contributed by atoms with van der Waals surface area (Å²) in [5, 5.41) is 1.72. The van der Waals surface area contributed by atoms with Crippen molar-refractivity contribution in [3.05, 3.63) is 17.5 Å². The van der Waals surface area contributed by atoms with Crippen molar-refractivity contribution in [1.29, 1.82) is 0 Å². The van der Waals surface area contributed by atoms with Crippen LogP contribution in [-0.4, -0.2) is 61.8 Å². The highest BCUT2D eigenvalue weighted by Crippen LogP contribution is 2.27. The van der Waals surface area contributed by atoms with Crippen LogP contribution in [0.5, 0.6) is 0 Å². The number of likely N-dealkylation sites (tertiary alicyclic amines) is 1. The first-order chi connectivity index (χ1) is 12.9. The van der Waals surface area contributed by atoms with E-state index in [1.807, 2.05) is 6.92 Å². The number of carbonyl (C=O) groups is 2. The quantitative estimate of drug-likeness (QED) is 0.689. The van der Waals surface area contributed by atoms with E-state index in [2.05, 4.69) is 0 Å². The Morgan fingerprint density at radius 2 is 2.04 bits per heavy atom. The molecule has 0 aliphatic carbocycles. The molecule has 2 aliphatic rings. The lowest BCUT2D eigenvalue weighted by Gasteiger charge is -2.33. The average Bonchev–Trinajstić information content (AvgIpc) is 3.22. The molecule has 0 aromatic carbocycles. The third-order valence-electron chi connectivity index (χ3n) is 5.27. The maximum Gasteiger partial charge on any atom is 0.310 e. The van der Waals surface area contributed by atoms with Crippen molar-refractivity contribution < 1.29 is 22.7 Å². The molecule has 0 N–H and O–H groups in total. The highest BCUT2D eigenvalue weighted by Gasteiger charge is 2.35. The summed E-state index contributed by atoms with van der Waals surface area (Å²) in [5.41, 5.74) is 0. The van der Waals surface area contributed by atoms with Crippen LogP contribution in [0.4, 0.5) is 0 Å². The zero-order chi connectivity index (χ0) is 19.4. The van der Waals surface area contributed by atoms with Crippen LogP contribution in [0.25, 0.3) is 0 Å². The van der Waals surface area contributed by atoms with Crippen LogP contribution in [0.1, 0.15) is 39.0 Å². The first-order valence-electron chi connectivity index (χ1n) is 9.39. The number of piperidine rings is 2. The molecule has 0 bridgehead atoms. The van der Waals surface area contributed by atoms with E-state index in [1.54, 1.807) is 22.4 Å². The van der Waals surface area contributed by atoms with Crippen molar-refractivity contribution in [2.45, 2.75) is 49.3 Å². The molecule has 2 unspecified atom stereocenters. The molecule has 27 heavy (non-hydrogen) atoms. The molecule has 9 heteroatoms. The van der Waals surface area contributed by atoms with Gasteiger partial charge in [-0.2, -0.15) is 4.31 Å². The van der Waals surface area contributed by atoms with Gasteiger partial charge in [-0.15, -0.1) is 11.3 Å². The van der Waals surface area contributed by atoms with Crippen molar-refractivity contribution in [2.75, 3.05) is 26.2 Å². The van der Waals surface area contributed by atoms with Gasteiger partial charge in [0.1, 0.15) is 4.21 Å². The van der Waals surface area contributed by atoms with Gasteiger partial charge in [0.15, 0.2) is 6.61 Å². The Kier molecular flexibility index (Phi) is 6.54. The number of esters is 1. The molecule has 0 radical (unpaired) electrons. The first kappa shape index (κ1) is 20.3. The molecule has 2 aliphatic heterocycles. The predicted molar refractivity (Wildman–Crippen MR) is 102 cm³/mol. The van der Waals surface area contributed by atoms with E-state index in [0.29, 0.717) is 25.9 Å². The SMILES string of the molecule is CC1CCCCN1C(=O)COC(=O)C1CCCN(S(=O)(=O)c2cccs2)C1. The molecular weight excluding hydrogens is 388 g/mol. The number of carbonyl (C=O) groups excluding carboxylic acids is 2. The van der Waals surface area contributed by atoms with E-state index in [4.69, 9.17) is 4.74 Å². The molecule has 150 valence electrons. The van der Waals surface area contributed by atoms with Gasteiger partial charge in [-0.25, -0.2) is 8.42 Å². The molecule has 1 aromatic rings. The number of amides is 1. The predicted octanol–water partition coefficient (Wildman–Crippen LogP) is 2.09. The van der Waals surface area contributed by atoms with E-state index in [0.717, 1.165) is 19.3 Å². The highest BCUT2D eigenvalue weighted by molar-refractivity contribution is 7.91. The Balaban J connectivity index is 1.55. The van der Waals surface area contributed by atoms with Crippen molar-refractivity contribution in [3.8, 4) is 0 Å². The Labute approximate surface area is 164 Å². The standard InChI is InChI=1S/C18H26N2O5S2/c1-14-6-2-3-10-20(14)16(21)13-25-18(22)15-7-4-9-19(12-15)27(23,24)17-8-5-11-26-17/h5,8,11,14-15H,2-4,6-7,9-10,12-13H2,1H3. The number of hydrogen-bond donors (Lipinski definition) is 0. The van der Waals surface area contributed by atoms with Gasteiger partial charge in [0.05, 0.1) is 5.92 Å². The average molecular weight is 415 g/mol. The minimum Gasteiger partial charge on any atom is -0.455 e. The molecule has 2 fully saturated rings. The summed E-state index contributed by atoms with van der Waals surface area (Å²) >= 11 is 1.17. The van der Waals surface area contributed by atoms with Gasteiger partial charge in [0, 0.05) is 25.7 Å².